The standard InChI is InChI=1S/C35H35N9O/c1-34(2,3)20-39-31-22(17-37)18-38-30-21(16-36)14-24(15-28(30)31)40-32(26-6-5-7-27-25(26)10-13-43(4)33(27)45)29-19-44(42-41-29)35(11-12-35)23-8-9-23/h5-7,10,13-15,18-19,23,32,40H,8-9,11-12,20H2,1-4H3,(H,38,39)/t32-/m0/s1. The first kappa shape index (κ1) is 28.5. The summed E-state index contributed by atoms with van der Waals surface area (Å²) < 4.78 is 3.63. The minimum atomic E-state index is -0.480. The van der Waals surface area contributed by atoms with Gasteiger partial charge in [0, 0.05) is 42.4 Å². The van der Waals surface area contributed by atoms with E-state index in [1.54, 1.807) is 23.9 Å². The fraction of sp³-hybridized carbons (Fsp3) is 0.371. The first-order valence-corrected chi connectivity index (χ1v) is 15.4. The van der Waals surface area contributed by atoms with Gasteiger partial charge in [0.15, 0.2) is 0 Å². The van der Waals surface area contributed by atoms with E-state index in [0.29, 0.717) is 51.3 Å². The monoisotopic (exact) mass is 597 g/mol. The molecule has 0 saturated heterocycles. The zero-order chi connectivity index (χ0) is 31.5. The number of fused-ring (bicyclic) bond motifs is 2. The Morgan fingerprint density at radius 3 is 2.53 bits per heavy atom. The highest BCUT2D eigenvalue weighted by Gasteiger charge is 2.56. The molecule has 0 spiro atoms. The number of nitrogens with one attached hydrogen (secondary N) is 2. The van der Waals surface area contributed by atoms with Crippen LogP contribution in [-0.2, 0) is 12.6 Å². The van der Waals surface area contributed by atoms with E-state index < -0.39 is 6.04 Å². The molecule has 0 radical (unpaired) electrons. The molecule has 0 unspecified atom stereocenters. The molecule has 0 bridgehead atoms. The molecule has 2 aliphatic carbocycles. The SMILES string of the molecule is Cn1ccc2c([C@H](Nc3cc(C#N)c4ncc(C#N)c(NCC(C)(C)C)c4c3)c3cn(C4(C5CC5)CC4)nn3)cccc2c1=O. The van der Waals surface area contributed by atoms with Crippen molar-refractivity contribution in [1.82, 2.24) is 24.5 Å². The van der Waals surface area contributed by atoms with E-state index in [2.05, 4.69) is 58.4 Å². The normalized spacial score (nSPS) is 16.2. The minimum Gasteiger partial charge on any atom is -0.383 e. The van der Waals surface area contributed by atoms with Gasteiger partial charge in [0.1, 0.15) is 17.8 Å². The molecule has 5 aromatic rings. The molecule has 3 heterocycles. The first-order valence-electron chi connectivity index (χ1n) is 15.4. The zero-order valence-electron chi connectivity index (χ0n) is 25.9. The van der Waals surface area contributed by atoms with Crippen LogP contribution in [0, 0.1) is 34.0 Å². The smallest absolute Gasteiger partial charge is 0.258 e. The van der Waals surface area contributed by atoms with Crippen LogP contribution in [0.3, 0.4) is 0 Å². The predicted octanol–water partition coefficient (Wildman–Crippen LogP) is 5.98. The molecule has 45 heavy (non-hydrogen) atoms. The molecule has 226 valence electrons. The van der Waals surface area contributed by atoms with Gasteiger partial charge in [-0.25, -0.2) is 4.68 Å². The van der Waals surface area contributed by atoms with E-state index in [1.807, 2.05) is 36.5 Å². The molecule has 0 amide bonds. The topological polar surface area (TPSA) is 137 Å². The van der Waals surface area contributed by atoms with Gasteiger partial charge >= 0.3 is 0 Å². The summed E-state index contributed by atoms with van der Waals surface area (Å²) in [6.07, 6.45) is 10.0. The Morgan fingerprint density at radius 2 is 1.84 bits per heavy atom. The van der Waals surface area contributed by atoms with E-state index in [9.17, 15) is 15.3 Å². The van der Waals surface area contributed by atoms with Crippen LogP contribution in [0.15, 0.2) is 59.8 Å². The Kier molecular flexibility index (Phi) is 6.63. The first-order chi connectivity index (χ1) is 21.6. The van der Waals surface area contributed by atoms with Crippen molar-refractivity contribution in [1.29, 1.82) is 10.5 Å². The quantitative estimate of drug-likeness (QED) is 0.223. The van der Waals surface area contributed by atoms with Gasteiger partial charge in [0.2, 0.25) is 0 Å². The highest BCUT2D eigenvalue weighted by molar-refractivity contribution is 5.99. The molecule has 10 heteroatoms. The lowest BCUT2D eigenvalue weighted by molar-refractivity contribution is 0.371. The lowest BCUT2D eigenvalue weighted by atomic mass is 9.96. The van der Waals surface area contributed by atoms with Crippen molar-refractivity contribution in [2.45, 2.75) is 58.0 Å². The molecule has 7 rings (SSSR count). The molecule has 10 nitrogen and oxygen atoms in total. The second-order valence-electron chi connectivity index (χ2n) is 13.7. The number of nitriles is 2. The fourth-order valence-corrected chi connectivity index (χ4v) is 6.43. The minimum absolute atomic E-state index is 0.0437. The van der Waals surface area contributed by atoms with E-state index in [0.717, 1.165) is 29.5 Å². The average molecular weight is 598 g/mol. The number of aryl methyl sites for hydroxylation is 1. The zero-order valence-corrected chi connectivity index (χ0v) is 25.9. The van der Waals surface area contributed by atoms with E-state index in [-0.39, 0.29) is 16.5 Å². The molecular formula is C35H35N9O. The van der Waals surface area contributed by atoms with Gasteiger partial charge in [-0.1, -0.05) is 38.1 Å². The van der Waals surface area contributed by atoms with E-state index in [4.69, 9.17) is 5.10 Å². The van der Waals surface area contributed by atoms with Gasteiger partial charge in [0.25, 0.3) is 5.56 Å². The largest absolute Gasteiger partial charge is 0.383 e. The summed E-state index contributed by atoms with van der Waals surface area (Å²) in [5.74, 6) is 0.651. The van der Waals surface area contributed by atoms with Gasteiger partial charge < -0.3 is 15.2 Å². The van der Waals surface area contributed by atoms with Crippen LogP contribution in [0.25, 0.3) is 21.7 Å². The number of rotatable bonds is 8. The maximum Gasteiger partial charge on any atom is 0.258 e. The number of aromatic nitrogens is 5. The maximum absolute atomic E-state index is 13.1. The third-order valence-electron chi connectivity index (χ3n) is 9.15. The van der Waals surface area contributed by atoms with E-state index >= 15 is 0 Å². The van der Waals surface area contributed by atoms with Gasteiger partial charge in [-0.05, 0) is 72.2 Å². The Labute approximate surface area is 261 Å². The number of benzene rings is 2. The lowest BCUT2D eigenvalue weighted by Crippen LogP contribution is -2.20. The van der Waals surface area contributed by atoms with Crippen LogP contribution >= 0.6 is 0 Å². The van der Waals surface area contributed by atoms with Crippen molar-refractivity contribution in [2.24, 2.45) is 18.4 Å². The molecule has 2 saturated carbocycles. The summed E-state index contributed by atoms with van der Waals surface area (Å²) in [7, 11) is 1.75. The highest BCUT2D eigenvalue weighted by Crippen LogP contribution is 2.59. The van der Waals surface area contributed by atoms with Crippen molar-refractivity contribution >= 4 is 33.1 Å². The summed E-state index contributed by atoms with van der Waals surface area (Å²) in [4.78, 5) is 17.6. The molecule has 3 aromatic heterocycles. The van der Waals surface area contributed by atoms with Crippen LogP contribution in [-0.4, -0.2) is 31.1 Å². The Bertz CT molecular complexity index is 2110. The molecule has 2 aliphatic rings. The molecular weight excluding hydrogens is 562 g/mol. The highest BCUT2D eigenvalue weighted by atomic mass is 16.1. The van der Waals surface area contributed by atoms with Crippen molar-refractivity contribution in [3.05, 3.63) is 87.7 Å². The Morgan fingerprint density at radius 1 is 1.07 bits per heavy atom. The maximum atomic E-state index is 13.1. The molecule has 2 aromatic carbocycles. The number of nitrogens with zero attached hydrogens (tertiary/aromatic N) is 7. The van der Waals surface area contributed by atoms with E-state index in [1.165, 1.54) is 19.0 Å². The van der Waals surface area contributed by atoms with Crippen LogP contribution in [0.2, 0.25) is 0 Å². The van der Waals surface area contributed by atoms with Gasteiger partial charge in [-0.15, -0.1) is 5.10 Å². The van der Waals surface area contributed by atoms with Gasteiger partial charge in [-0.2, -0.15) is 10.5 Å². The number of pyridine rings is 2. The third kappa shape index (κ3) is 5.06. The second-order valence-corrected chi connectivity index (χ2v) is 13.7. The Hall–Kier alpha value is -5.22. The molecule has 1 atom stereocenters. The average Bonchev–Trinajstić information content (AvgIpc) is 3.97. The third-order valence-corrected chi connectivity index (χ3v) is 9.15. The summed E-state index contributed by atoms with van der Waals surface area (Å²) >= 11 is 0. The summed E-state index contributed by atoms with van der Waals surface area (Å²) in [6.45, 7) is 6.98. The number of hydrogen-bond acceptors (Lipinski definition) is 8. The second kappa shape index (κ2) is 10.4. The van der Waals surface area contributed by atoms with Crippen LogP contribution in [0.4, 0.5) is 11.4 Å². The van der Waals surface area contributed by atoms with Crippen molar-refractivity contribution in [2.75, 3.05) is 17.2 Å². The summed E-state index contributed by atoms with van der Waals surface area (Å²) in [5.41, 5.74) is 4.18. The van der Waals surface area contributed by atoms with Crippen molar-refractivity contribution < 1.29 is 0 Å². The van der Waals surface area contributed by atoms with Crippen molar-refractivity contribution in [3.8, 4) is 12.1 Å². The van der Waals surface area contributed by atoms with Gasteiger partial charge in [0.05, 0.1) is 40.1 Å². The number of hydrogen-bond donors (Lipinski definition) is 2. The molecule has 2 fully saturated rings. The summed E-state index contributed by atoms with van der Waals surface area (Å²) in [6, 6.07) is 15.5. The molecule has 0 aliphatic heterocycles. The summed E-state index contributed by atoms with van der Waals surface area (Å²) in [5, 5.41) is 38.7. The Balaban J connectivity index is 1.39. The molecule has 2 N–H and O–H groups in total. The van der Waals surface area contributed by atoms with Crippen molar-refractivity contribution in [3.63, 3.8) is 0 Å². The lowest BCUT2D eigenvalue weighted by Gasteiger charge is -2.23. The fourth-order valence-electron chi connectivity index (χ4n) is 6.43. The predicted molar refractivity (Wildman–Crippen MR) is 174 cm³/mol. The van der Waals surface area contributed by atoms with Gasteiger partial charge in [-0.3, -0.25) is 9.78 Å². The van der Waals surface area contributed by atoms with Crippen LogP contribution in [0.5, 0.6) is 0 Å². The van der Waals surface area contributed by atoms with Crippen LogP contribution in [0.1, 0.15) is 74.9 Å². The van der Waals surface area contributed by atoms with Crippen LogP contribution < -0.4 is 16.2 Å². The number of anilines is 2.